The summed E-state index contributed by atoms with van der Waals surface area (Å²) in [5, 5.41) is 11.3. The second-order valence-corrected chi connectivity index (χ2v) is 9.31. The zero-order valence-corrected chi connectivity index (χ0v) is 17.3. The maximum absolute atomic E-state index is 12.6. The Morgan fingerprint density at radius 2 is 1.54 bits per heavy atom. The number of hydrogen-bond acceptors (Lipinski definition) is 3. The SMILES string of the molecule is CC(C)(C)c1cc(C(C)(C)C)c(-n2cc(C=O)c(=O)c3ccccc32)cc1O. The van der Waals surface area contributed by atoms with E-state index in [1.807, 2.05) is 22.8 Å². The lowest BCUT2D eigenvalue weighted by molar-refractivity contribution is 0.112. The molecule has 28 heavy (non-hydrogen) atoms. The first-order chi connectivity index (χ1) is 12.9. The molecular weight excluding hydrogens is 350 g/mol. The minimum Gasteiger partial charge on any atom is -0.508 e. The predicted molar refractivity (Wildman–Crippen MR) is 114 cm³/mol. The fourth-order valence-electron chi connectivity index (χ4n) is 3.56. The van der Waals surface area contributed by atoms with Gasteiger partial charge in [-0.2, -0.15) is 0 Å². The molecule has 0 aliphatic rings. The Morgan fingerprint density at radius 1 is 0.929 bits per heavy atom. The number of nitrogens with zero attached hydrogens (tertiary/aromatic N) is 1. The number of phenols is 1. The van der Waals surface area contributed by atoms with Crippen molar-refractivity contribution < 1.29 is 9.90 Å². The number of carbonyl (C=O) groups is 1. The first-order valence-electron chi connectivity index (χ1n) is 9.43. The largest absolute Gasteiger partial charge is 0.508 e. The van der Waals surface area contributed by atoms with E-state index in [0.717, 1.165) is 16.8 Å². The van der Waals surface area contributed by atoms with Crippen LogP contribution in [0, 0.1) is 0 Å². The summed E-state index contributed by atoms with van der Waals surface area (Å²) in [6.07, 6.45) is 2.16. The van der Waals surface area contributed by atoms with Crippen LogP contribution >= 0.6 is 0 Å². The quantitative estimate of drug-likeness (QED) is 0.632. The monoisotopic (exact) mass is 377 g/mol. The number of aromatic nitrogens is 1. The molecule has 0 aliphatic heterocycles. The van der Waals surface area contributed by atoms with Crippen LogP contribution in [0.4, 0.5) is 0 Å². The minimum absolute atomic E-state index is 0.0953. The fourth-order valence-corrected chi connectivity index (χ4v) is 3.56. The zero-order chi connectivity index (χ0) is 20.9. The number of aldehydes is 1. The zero-order valence-electron chi connectivity index (χ0n) is 17.3. The number of para-hydroxylation sites is 1. The van der Waals surface area contributed by atoms with E-state index < -0.39 is 0 Å². The highest BCUT2D eigenvalue weighted by atomic mass is 16.3. The molecule has 3 rings (SSSR count). The summed E-state index contributed by atoms with van der Waals surface area (Å²) in [5.41, 5.74) is 2.73. The average Bonchev–Trinajstić information content (AvgIpc) is 2.60. The van der Waals surface area contributed by atoms with E-state index in [4.69, 9.17) is 0 Å². The summed E-state index contributed by atoms with van der Waals surface area (Å²) < 4.78 is 1.84. The van der Waals surface area contributed by atoms with Gasteiger partial charge in [-0.05, 0) is 40.2 Å². The van der Waals surface area contributed by atoms with Gasteiger partial charge in [0.15, 0.2) is 11.7 Å². The third-order valence-electron chi connectivity index (χ3n) is 5.06. The lowest BCUT2D eigenvalue weighted by atomic mass is 9.79. The summed E-state index contributed by atoms with van der Waals surface area (Å²) in [7, 11) is 0. The molecule has 0 fully saturated rings. The van der Waals surface area contributed by atoms with Crippen molar-refractivity contribution in [2.75, 3.05) is 0 Å². The maximum atomic E-state index is 12.6. The van der Waals surface area contributed by atoms with Crippen molar-refractivity contribution in [2.45, 2.75) is 52.4 Å². The molecule has 0 unspecified atom stereocenters. The Balaban J connectivity index is 2.49. The number of phenolic OH excluding ortho intramolecular Hbond substituents is 1. The Labute approximate surface area is 165 Å². The van der Waals surface area contributed by atoms with Gasteiger partial charge < -0.3 is 9.67 Å². The molecule has 1 aromatic heterocycles. The molecule has 146 valence electrons. The van der Waals surface area contributed by atoms with E-state index in [2.05, 4.69) is 41.5 Å². The molecule has 0 spiro atoms. The molecule has 1 N–H and O–H groups in total. The molecule has 2 aromatic carbocycles. The first kappa shape index (κ1) is 19.9. The van der Waals surface area contributed by atoms with Crippen LogP contribution in [-0.4, -0.2) is 16.0 Å². The van der Waals surface area contributed by atoms with Crippen molar-refractivity contribution in [3.63, 3.8) is 0 Å². The average molecular weight is 377 g/mol. The van der Waals surface area contributed by atoms with Crippen LogP contribution in [0.2, 0.25) is 0 Å². The molecule has 0 saturated heterocycles. The van der Waals surface area contributed by atoms with Gasteiger partial charge in [0.1, 0.15) is 5.75 Å². The Morgan fingerprint density at radius 3 is 2.11 bits per heavy atom. The minimum atomic E-state index is -0.283. The molecule has 3 aromatic rings. The van der Waals surface area contributed by atoms with Gasteiger partial charge in [0, 0.05) is 17.6 Å². The molecule has 0 amide bonds. The van der Waals surface area contributed by atoms with Crippen molar-refractivity contribution in [1.82, 2.24) is 4.57 Å². The van der Waals surface area contributed by atoms with E-state index in [9.17, 15) is 14.7 Å². The standard InChI is InChI=1S/C24H27NO3/c1-23(2,3)17-11-18(24(4,5)6)21(27)12-20(17)25-13-15(14-26)22(28)16-9-7-8-10-19(16)25/h7-14,27H,1-6H3. The molecule has 1 heterocycles. The molecule has 0 radical (unpaired) electrons. The lowest BCUT2D eigenvalue weighted by Gasteiger charge is -2.29. The molecule has 0 saturated carbocycles. The normalized spacial score (nSPS) is 12.4. The molecular formula is C24H27NO3. The third-order valence-corrected chi connectivity index (χ3v) is 5.06. The van der Waals surface area contributed by atoms with Gasteiger partial charge in [-0.25, -0.2) is 0 Å². The maximum Gasteiger partial charge on any atom is 0.199 e. The van der Waals surface area contributed by atoms with Gasteiger partial charge >= 0.3 is 0 Å². The molecule has 0 atom stereocenters. The van der Waals surface area contributed by atoms with Crippen LogP contribution in [0.3, 0.4) is 0 Å². The second kappa shape index (κ2) is 6.62. The van der Waals surface area contributed by atoms with E-state index in [1.165, 1.54) is 0 Å². The van der Waals surface area contributed by atoms with Crippen LogP contribution in [0.5, 0.6) is 5.75 Å². The molecule has 4 nitrogen and oxygen atoms in total. The Kier molecular flexibility index (Phi) is 4.70. The van der Waals surface area contributed by atoms with Crippen molar-refractivity contribution >= 4 is 17.2 Å². The third kappa shape index (κ3) is 3.35. The highest BCUT2D eigenvalue weighted by Gasteiger charge is 2.26. The summed E-state index contributed by atoms with van der Waals surface area (Å²) in [4.78, 5) is 24.1. The number of fused-ring (bicyclic) bond motifs is 1. The van der Waals surface area contributed by atoms with Gasteiger partial charge in [0.25, 0.3) is 0 Å². The number of pyridine rings is 1. The number of aromatic hydroxyl groups is 1. The number of benzene rings is 2. The van der Waals surface area contributed by atoms with Gasteiger partial charge in [-0.15, -0.1) is 0 Å². The van der Waals surface area contributed by atoms with Gasteiger partial charge in [0.2, 0.25) is 0 Å². The summed E-state index contributed by atoms with van der Waals surface area (Å²) >= 11 is 0. The Hall–Kier alpha value is -2.88. The first-order valence-corrected chi connectivity index (χ1v) is 9.43. The van der Waals surface area contributed by atoms with Crippen molar-refractivity contribution in [1.29, 1.82) is 0 Å². The van der Waals surface area contributed by atoms with E-state index in [0.29, 0.717) is 17.2 Å². The van der Waals surface area contributed by atoms with Gasteiger partial charge in [-0.3, -0.25) is 9.59 Å². The highest BCUT2D eigenvalue weighted by Crippen LogP contribution is 2.39. The number of rotatable bonds is 2. The van der Waals surface area contributed by atoms with Crippen LogP contribution in [0.25, 0.3) is 16.6 Å². The molecule has 0 bridgehead atoms. The van der Waals surface area contributed by atoms with Crippen LogP contribution in [0.1, 0.15) is 63.0 Å². The smallest absolute Gasteiger partial charge is 0.199 e. The second-order valence-electron chi connectivity index (χ2n) is 9.31. The van der Waals surface area contributed by atoms with E-state index in [1.54, 1.807) is 24.4 Å². The summed E-state index contributed by atoms with van der Waals surface area (Å²) in [6.45, 7) is 12.5. The topological polar surface area (TPSA) is 59.3 Å². The van der Waals surface area contributed by atoms with Crippen molar-refractivity contribution in [2.24, 2.45) is 0 Å². The molecule has 4 heteroatoms. The Bertz CT molecular complexity index is 1130. The van der Waals surface area contributed by atoms with Crippen LogP contribution in [0.15, 0.2) is 47.4 Å². The predicted octanol–water partition coefficient (Wildman–Crippen LogP) is 5.10. The highest BCUT2D eigenvalue weighted by molar-refractivity contribution is 5.87. The van der Waals surface area contributed by atoms with E-state index >= 15 is 0 Å². The lowest BCUT2D eigenvalue weighted by Crippen LogP contribution is -2.21. The van der Waals surface area contributed by atoms with Crippen molar-refractivity contribution in [3.8, 4) is 11.4 Å². The van der Waals surface area contributed by atoms with Gasteiger partial charge in [0.05, 0.1) is 16.8 Å². The molecule has 0 aliphatic carbocycles. The van der Waals surface area contributed by atoms with Crippen molar-refractivity contribution in [3.05, 3.63) is 69.5 Å². The number of hydrogen-bond donors (Lipinski definition) is 1. The fraction of sp³-hybridized carbons (Fsp3) is 0.333. The summed E-state index contributed by atoms with van der Waals surface area (Å²) in [5.74, 6) is 0.200. The summed E-state index contributed by atoms with van der Waals surface area (Å²) in [6, 6.07) is 11.0. The van der Waals surface area contributed by atoms with Crippen LogP contribution < -0.4 is 5.43 Å². The number of carbonyl (C=O) groups excluding carboxylic acids is 1. The van der Waals surface area contributed by atoms with Gasteiger partial charge in [-0.1, -0.05) is 53.7 Å². The van der Waals surface area contributed by atoms with E-state index in [-0.39, 0.29) is 27.6 Å². The van der Waals surface area contributed by atoms with Crippen LogP contribution in [-0.2, 0) is 10.8 Å².